The fourth-order valence-corrected chi connectivity index (χ4v) is 2.91. The molecule has 2 atom stereocenters. The molecule has 1 aromatic rings. The van der Waals surface area contributed by atoms with Gasteiger partial charge in [0, 0.05) is 6.54 Å². The zero-order valence-corrected chi connectivity index (χ0v) is 12.2. The Morgan fingerprint density at radius 2 is 2.00 bits per heavy atom. The summed E-state index contributed by atoms with van der Waals surface area (Å²) < 4.78 is 0. The normalized spacial score (nSPS) is 24.0. The lowest BCUT2D eigenvalue weighted by molar-refractivity contribution is 0.293. The molecule has 1 aliphatic rings. The molecule has 1 aromatic heterocycles. The van der Waals surface area contributed by atoms with Gasteiger partial charge in [0.25, 0.3) is 0 Å². The highest BCUT2D eigenvalue weighted by atomic mass is 35.5. The van der Waals surface area contributed by atoms with Gasteiger partial charge in [-0.2, -0.15) is 0 Å². The lowest BCUT2D eigenvalue weighted by atomic mass is 9.82. The van der Waals surface area contributed by atoms with E-state index in [9.17, 15) is 0 Å². The van der Waals surface area contributed by atoms with E-state index in [0.717, 1.165) is 35.3 Å². The number of anilines is 1. The Labute approximate surface area is 114 Å². The van der Waals surface area contributed by atoms with Crippen LogP contribution in [0.2, 0.25) is 5.15 Å². The largest absolute Gasteiger partial charge is 0.368 e. The third kappa shape index (κ3) is 3.14. The van der Waals surface area contributed by atoms with Gasteiger partial charge < -0.3 is 5.32 Å². The number of hydrogen-bond donors (Lipinski definition) is 1. The molecule has 1 aliphatic carbocycles. The van der Waals surface area contributed by atoms with Crippen LogP contribution in [0, 0.1) is 25.7 Å². The van der Waals surface area contributed by atoms with Crippen molar-refractivity contribution in [3.8, 4) is 0 Å². The summed E-state index contributed by atoms with van der Waals surface area (Å²) in [6, 6.07) is 0. The Bertz CT molecular complexity index is 420. The highest BCUT2D eigenvalue weighted by molar-refractivity contribution is 6.30. The lowest BCUT2D eigenvalue weighted by Crippen LogP contribution is -2.22. The predicted octanol–water partition coefficient (Wildman–Crippen LogP) is 3.99. The Balaban J connectivity index is 1.96. The molecule has 1 heterocycles. The Hall–Kier alpha value is -0.830. The van der Waals surface area contributed by atoms with Crippen molar-refractivity contribution < 1.29 is 0 Å². The van der Waals surface area contributed by atoms with Gasteiger partial charge >= 0.3 is 0 Å². The molecule has 0 spiro atoms. The quantitative estimate of drug-likeness (QED) is 0.900. The topological polar surface area (TPSA) is 37.8 Å². The van der Waals surface area contributed by atoms with Crippen molar-refractivity contribution in [1.29, 1.82) is 0 Å². The van der Waals surface area contributed by atoms with Crippen LogP contribution in [0.15, 0.2) is 0 Å². The van der Waals surface area contributed by atoms with Crippen LogP contribution in [-0.4, -0.2) is 16.7 Å². The van der Waals surface area contributed by atoms with Crippen LogP contribution in [0.5, 0.6) is 0 Å². The number of halogens is 1. The average molecular weight is 268 g/mol. The summed E-state index contributed by atoms with van der Waals surface area (Å²) in [4.78, 5) is 0. The Kier molecular flexibility index (Phi) is 4.44. The van der Waals surface area contributed by atoms with Crippen LogP contribution in [0.1, 0.15) is 43.7 Å². The SMILES string of the molecule is Cc1c(Cl)nnc(NCC2CCCC(C)C2)c1C. The molecule has 100 valence electrons. The number of nitrogens with zero attached hydrogens (tertiary/aromatic N) is 2. The molecule has 1 fully saturated rings. The van der Waals surface area contributed by atoms with E-state index >= 15 is 0 Å². The summed E-state index contributed by atoms with van der Waals surface area (Å²) >= 11 is 5.95. The first kappa shape index (κ1) is 13.6. The molecule has 3 nitrogen and oxygen atoms in total. The van der Waals surface area contributed by atoms with Crippen LogP contribution in [0.25, 0.3) is 0 Å². The molecule has 1 N–H and O–H groups in total. The first-order valence-corrected chi connectivity index (χ1v) is 7.19. The Morgan fingerprint density at radius 3 is 2.72 bits per heavy atom. The first-order chi connectivity index (χ1) is 8.58. The van der Waals surface area contributed by atoms with Gasteiger partial charge in [0.05, 0.1) is 0 Å². The van der Waals surface area contributed by atoms with Crippen LogP contribution in [0.4, 0.5) is 5.82 Å². The molecule has 0 bridgehead atoms. The van der Waals surface area contributed by atoms with Gasteiger partial charge in [-0.3, -0.25) is 0 Å². The van der Waals surface area contributed by atoms with E-state index in [4.69, 9.17) is 11.6 Å². The second-order valence-corrected chi connectivity index (χ2v) is 5.97. The summed E-state index contributed by atoms with van der Waals surface area (Å²) in [5.74, 6) is 2.52. The van der Waals surface area contributed by atoms with Gasteiger partial charge in [0.15, 0.2) is 11.0 Å². The zero-order valence-electron chi connectivity index (χ0n) is 11.5. The summed E-state index contributed by atoms with van der Waals surface area (Å²) in [7, 11) is 0. The van der Waals surface area contributed by atoms with Crippen molar-refractivity contribution in [2.24, 2.45) is 11.8 Å². The molecular weight excluding hydrogens is 246 g/mol. The van der Waals surface area contributed by atoms with Crippen molar-refractivity contribution in [1.82, 2.24) is 10.2 Å². The fourth-order valence-electron chi connectivity index (χ4n) is 2.73. The highest BCUT2D eigenvalue weighted by Gasteiger charge is 2.19. The van der Waals surface area contributed by atoms with Crippen LogP contribution in [-0.2, 0) is 0 Å². The third-order valence-corrected chi connectivity index (χ3v) is 4.43. The van der Waals surface area contributed by atoms with Crippen LogP contribution >= 0.6 is 11.6 Å². The summed E-state index contributed by atoms with van der Waals surface area (Å²) in [6.45, 7) is 7.38. The molecule has 2 unspecified atom stereocenters. The molecule has 0 radical (unpaired) electrons. The molecule has 4 heteroatoms. The molecule has 0 saturated heterocycles. The minimum absolute atomic E-state index is 0.504. The Morgan fingerprint density at radius 1 is 1.22 bits per heavy atom. The second-order valence-electron chi connectivity index (χ2n) is 5.61. The summed E-state index contributed by atoms with van der Waals surface area (Å²) in [5.41, 5.74) is 2.13. The molecular formula is C14H22ClN3. The van der Waals surface area contributed by atoms with E-state index < -0.39 is 0 Å². The van der Waals surface area contributed by atoms with E-state index in [-0.39, 0.29) is 0 Å². The molecule has 0 aliphatic heterocycles. The van der Waals surface area contributed by atoms with Gasteiger partial charge in [-0.25, -0.2) is 0 Å². The smallest absolute Gasteiger partial charge is 0.155 e. The van der Waals surface area contributed by atoms with Crippen molar-refractivity contribution in [2.45, 2.75) is 46.5 Å². The summed E-state index contributed by atoms with van der Waals surface area (Å²) in [6.07, 6.45) is 5.40. The minimum atomic E-state index is 0.504. The maximum absolute atomic E-state index is 5.95. The van der Waals surface area contributed by atoms with Crippen molar-refractivity contribution in [3.63, 3.8) is 0 Å². The minimum Gasteiger partial charge on any atom is -0.368 e. The highest BCUT2D eigenvalue weighted by Crippen LogP contribution is 2.29. The van der Waals surface area contributed by atoms with Gasteiger partial charge in [0.2, 0.25) is 0 Å². The van der Waals surface area contributed by atoms with Gasteiger partial charge in [-0.15, -0.1) is 10.2 Å². The van der Waals surface area contributed by atoms with E-state index in [1.54, 1.807) is 0 Å². The molecule has 1 saturated carbocycles. The number of nitrogens with one attached hydrogen (secondary N) is 1. The first-order valence-electron chi connectivity index (χ1n) is 6.81. The monoisotopic (exact) mass is 267 g/mol. The van der Waals surface area contributed by atoms with E-state index in [0.29, 0.717) is 5.15 Å². The van der Waals surface area contributed by atoms with E-state index in [1.807, 2.05) is 13.8 Å². The van der Waals surface area contributed by atoms with Crippen molar-refractivity contribution in [2.75, 3.05) is 11.9 Å². The second kappa shape index (κ2) is 5.87. The van der Waals surface area contributed by atoms with Gasteiger partial charge in [-0.05, 0) is 49.7 Å². The maximum Gasteiger partial charge on any atom is 0.155 e. The third-order valence-electron chi connectivity index (χ3n) is 4.07. The van der Waals surface area contributed by atoms with E-state index in [1.165, 1.54) is 25.7 Å². The zero-order chi connectivity index (χ0) is 13.1. The summed E-state index contributed by atoms with van der Waals surface area (Å²) in [5, 5.41) is 12.1. The van der Waals surface area contributed by atoms with Gasteiger partial charge in [0.1, 0.15) is 0 Å². The molecule has 18 heavy (non-hydrogen) atoms. The predicted molar refractivity (Wildman–Crippen MR) is 76.1 cm³/mol. The number of rotatable bonds is 3. The van der Waals surface area contributed by atoms with E-state index in [2.05, 4.69) is 22.4 Å². The van der Waals surface area contributed by atoms with Crippen LogP contribution in [0.3, 0.4) is 0 Å². The molecule has 0 aromatic carbocycles. The maximum atomic E-state index is 5.95. The number of aromatic nitrogens is 2. The lowest BCUT2D eigenvalue weighted by Gasteiger charge is -2.27. The number of hydrogen-bond acceptors (Lipinski definition) is 3. The van der Waals surface area contributed by atoms with Gasteiger partial charge in [-0.1, -0.05) is 31.4 Å². The fraction of sp³-hybridized carbons (Fsp3) is 0.714. The molecule has 0 amide bonds. The van der Waals surface area contributed by atoms with Crippen molar-refractivity contribution in [3.05, 3.63) is 16.3 Å². The average Bonchev–Trinajstić information content (AvgIpc) is 2.35. The standard InChI is InChI=1S/C14H22ClN3/c1-9-5-4-6-12(7-9)8-16-14-11(3)10(2)13(15)17-18-14/h9,12H,4-8H2,1-3H3,(H,16,18). The van der Waals surface area contributed by atoms with Crippen molar-refractivity contribution >= 4 is 17.4 Å². The van der Waals surface area contributed by atoms with Crippen LogP contribution < -0.4 is 5.32 Å². The molecule has 2 rings (SSSR count).